The average molecular weight is 382 g/mol. The first kappa shape index (κ1) is 19.0. The number of hydrogen-bond acceptors (Lipinski definition) is 3. The Labute approximate surface area is 159 Å². The summed E-state index contributed by atoms with van der Waals surface area (Å²) in [5, 5.41) is 6.37. The van der Waals surface area contributed by atoms with Crippen LogP contribution in [0, 0.1) is 11.6 Å². The number of carbonyl (C=O) groups excluding carboxylic acids is 2. The molecule has 1 N–H and O–H groups in total. The molecule has 1 heterocycles. The molecule has 0 spiro atoms. The van der Waals surface area contributed by atoms with E-state index in [0.717, 1.165) is 12.1 Å². The maximum Gasteiger partial charge on any atom is 0.261 e. The third-order valence-corrected chi connectivity index (χ3v) is 4.01. The van der Waals surface area contributed by atoms with Crippen LogP contribution in [0.25, 0.3) is 5.69 Å². The Morgan fingerprint density at radius 1 is 1.18 bits per heavy atom. The third-order valence-electron chi connectivity index (χ3n) is 4.01. The van der Waals surface area contributed by atoms with Crippen LogP contribution < -0.4 is 10.2 Å². The molecule has 3 aromatic rings. The minimum Gasteiger partial charge on any atom is -0.320 e. The van der Waals surface area contributed by atoms with Gasteiger partial charge in [0.25, 0.3) is 5.91 Å². The molecule has 0 bridgehead atoms. The molecule has 0 aliphatic heterocycles. The molecule has 2 amide bonds. The van der Waals surface area contributed by atoms with Crippen LogP contribution in [-0.2, 0) is 4.79 Å². The number of carbonyl (C=O) groups is 2. The number of halogens is 2. The van der Waals surface area contributed by atoms with Gasteiger partial charge in [-0.05, 0) is 36.4 Å². The van der Waals surface area contributed by atoms with Gasteiger partial charge >= 0.3 is 0 Å². The number of aromatic nitrogens is 2. The monoisotopic (exact) mass is 382 g/mol. The summed E-state index contributed by atoms with van der Waals surface area (Å²) in [5.41, 5.74) is 0.695. The fourth-order valence-electron chi connectivity index (χ4n) is 2.51. The van der Waals surface area contributed by atoms with Crippen molar-refractivity contribution in [2.45, 2.75) is 0 Å². The van der Waals surface area contributed by atoms with Crippen LogP contribution in [0.1, 0.15) is 10.4 Å². The second-order valence-electron chi connectivity index (χ2n) is 5.85. The number of benzene rings is 2. The highest BCUT2D eigenvalue weighted by Crippen LogP contribution is 2.24. The minimum atomic E-state index is -0.646. The van der Waals surface area contributed by atoms with E-state index in [2.05, 4.69) is 17.0 Å². The van der Waals surface area contributed by atoms with E-state index in [1.54, 1.807) is 12.1 Å². The Bertz CT molecular complexity index is 1060. The molecular weight excluding hydrogens is 366 g/mol. The number of para-hydroxylation sites is 1. The molecule has 0 atom stereocenters. The lowest BCUT2D eigenvalue weighted by Crippen LogP contribution is -2.26. The van der Waals surface area contributed by atoms with Crippen LogP contribution in [-0.4, -0.2) is 28.6 Å². The van der Waals surface area contributed by atoms with Crippen LogP contribution in [0.4, 0.5) is 20.2 Å². The van der Waals surface area contributed by atoms with Gasteiger partial charge in [-0.15, -0.1) is 0 Å². The second-order valence-corrected chi connectivity index (χ2v) is 5.85. The summed E-state index contributed by atoms with van der Waals surface area (Å²) < 4.78 is 29.0. The zero-order valence-corrected chi connectivity index (χ0v) is 14.9. The Kier molecular flexibility index (Phi) is 5.30. The molecule has 0 radical (unpaired) electrons. The molecule has 0 fully saturated rings. The van der Waals surface area contributed by atoms with E-state index in [0.29, 0.717) is 5.69 Å². The normalized spacial score (nSPS) is 10.4. The lowest BCUT2D eigenvalue weighted by molar-refractivity contribution is -0.111. The summed E-state index contributed by atoms with van der Waals surface area (Å²) in [6.45, 7) is 3.31. The predicted octanol–water partition coefficient (Wildman–Crippen LogP) is 3.55. The van der Waals surface area contributed by atoms with Crippen molar-refractivity contribution in [3.63, 3.8) is 0 Å². The van der Waals surface area contributed by atoms with E-state index in [1.807, 2.05) is 0 Å². The smallest absolute Gasteiger partial charge is 0.261 e. The van der Waals surface area contributed by atoms with Gasteiger partial charge in [-0.2, -0.15) is 5.10 Å². The van der Waals surface area contributed by atoms with Crippen LogP contribution in [0.3, 0.4) is 0 Å². The number of nitrogens with one attached hydrogen (secondary N) is 1. The van der Waals surface area contributed by atoms with Crippen LogP contribution in [0.2, 0.25) is 0 Å². The van der Waals surface area contributed by atoms with Crippen molar-refractivity contribution in [3.05, 3.63) is 84.7 Å². The fraction of sp³-hybridized carbons (Fsp3) is 0.0500. The molecule has 0 aliphatic rings. The number of rotatable bonds is 5. The summed E-state index contributed by atoms with van der Waals surface area (Å²) in [6.07, 6.45) is 3.73. The van der Waals surface area contributed by atoms with Gasteiger partial charge in [-0.3, -0.25) is 9.59 Å². The number of hydrogen-bond donors (Lipinski definition) is 1. The lowest BCUT2D eigenvalue weighted by atomic mass is 10.2. The second kappa shape index (κ2) is 7.83. The lowest BCUT2D eigenvalue weighted by Gasteiger charge is -2.18. The van der Waals surface area contributed by atoms with E-state index in [4.69, 9.17) is 0 Å². The Hall–Kier alpha value is -3.81. The van der Waals surface area contributed by atoms with Crippen LogP contribution >= 0.6 is 0 Å². The van der Waals surface area contributed by atoms with Gasteiger partial charge in [-0.1, -0.05) is 18.7 Å². The minimum absolute atomic E-state index is 0.0795. The molecular formula is C20H16F2N4O2. The van der Waals surface area contributed by atoms with E-state index >= 15 is 0 Å². The van der Waals surface area contributed by atoms with Crippen molar-refractivity contribution < 1.29 is 18.4 Å². The van der Waals surface area contributed by atoms with E-state index in [-0.39, 0.29) is 16.9 Å². The molecule has 0 unspecified atom stereocenters. The highest BCUT2D eigenvalue weighted by atomic mass is 19.1. The highest BCUT2D eigenvalue weighted by Gasteiger charge is 2.18. The molecule has 1 aromatic heterocycles. The maximum atomic E-state index is 13.9. The predicted molar refractivity (Wildman–Crippen MR) is 101 cm³/mol. The Morgan fingerprint density at radius 3 is 2.64 bits per heavy atom. The Morgan fingerprint density at radius 2 is 1.93 bits per heavy atom. The SMILES string of the molecule is C=CC(=O)Nc1cc(N(C)C(=O)c2cnn(-c3ccccc3F)c2)ccc1F. The first-order valence-corrected chi connectivity index (χ1v) is 8.21. The van der Waals surface area contributed by atoms with Gasteiger partial charge in [0, 0.05) is 18.9 Å². The maximum absolute atomic E-state index is 13.9. The highest BCUT2D eigenvalue weighted by molar-refractivity contribution is 6.06. The summed E-state index contributed by atoms with van der Waals surface area (Å²) in [7, 11) is 1.50. The van der Waals surface area contributed by atoms with Crippen molar-refractivity contribution in [3.8, 4) is 5.69 Å². The molecule has 28 heavy (non-hydrogen) atoms. The molecule has 0 saturated carbocycles. The van der Waals surface area contributed by atoms with Crippen molar-refractivity contribution in [1.82, 2.24) is 9.78 Å². The molecule has 6 nitrogen and oxygen atoms in total. The third kappa shape index (κ3) is 3.80. The van der Waals surface area contributed by atoms with Crippen molar-refractivity contribution in [2.24, 2.45) is 0 Å². The summed E-state index contributed by atoms with van der Waals surface area (Å²) >= 11 is 0. The summed E-state index contributed by atoms with van der Waals surface area (Å²) in [6, 6.07) is 9.91. The molecule has 3 rings (SSSR count). The van der Waals surface area contributed by atoms with Crippen LogP contribution in [0.5, 0.6) is 0 Å². The van der Waals surface area contributed by atoms with Crippen molar-refractivity contribution in [2.75, 3.05) is 17.3 Å². The standard InChI is InChI=1S/C20H16F2N4O2/c1-3-19(27)24-17-10-14(8-9-15(17)21)25(2)20(28)13-11-23-26(12-13)18-7-5-4-6-16(18)22/h3-12H,1H2,2H3,(H,24,27). The van der Waals surface area contributed by atoms with Gasteiger partial charge in [0.05, 0.1) is 17.4 Å². The number of nitrogens with zero attached hydrogens (tertiary/aromatic N) is 3. The zero-order chi connectivity index (χ0) is 20.3. The largest absolute Gasteiger partial charge is 0.320 e. The molecule has 2 aromatic carbocycles. The average Bonchev–Trinajstić information content (AvgIpc) is 3.18. The van der Waals surface area contributed by atoms with Crippen LogP contribution in [0.15, 0.2) is 67.5 Å². The molecule has 142 valence electrons. The Balaban J connectivity index is 1.85. The zero-order valence-electron chi connectivity index (χ0n) is 14.9. The molecule has 0 aliphatic carbocycles. The fourth-order valence-corrected chi connectivity index (χ4v) is 2.51. The van der Waals surface area contributed by atoms with Gasteiger partial charge in [0.15, 0.2) is 0 Å². The summed E-state index contributed by atoms with van der Waals surface area (Å²) in [4.78, 5) is 25.4. The van der Waals surface area contributed by atoms with E-state index in [9.17, 15) is 18.4 Å². The topological polar surface area (TPSA) is 67.2 Å². The van der Waals surface area contributed by atoms with E-state index < -0.39 is 23.4 Å². The quantitative estimate of drug-likeness (QED) is 0.687. The van der Waals surface area contributed by atoms with Gasteiger partial charge in [-0.25, -0.2) is 13.5 Å². The molecule has 8 heteroatoms. The number of anilines is 2. The van der Waals surface area contributed by atoms with Gasteiger partial charge < -0.3 is 10.2 Å². The van der Waals surface area contributed by atoms with Crippen molar-refractivity contribution >= 4 is 23.2 Å². The van der Waals surface area contributed by atoms with E-state index in [1.165, 1.54) is 53.3 Å². The summed E-state index contributed by atoms with van der Waals surface area (Å²) in [5.74, 6) is -2.13. The van der Waals surface area contributed by atoms with Crippen molar-refractivity contribution in [1.29, 1.82) is 0 Å². The number of amides is 2. The molecule has 0 saturated heterocycles. The first-order valence-electron chi connectivity index (χ1n) is 8.21. The first-order chi connectivity index (χ1) is 13.4. The van der Waals surface area contributed by atoms with Gasteiger partial charge in [0.1, 0.15) is 17.3 Å². The van der Waals surface area contributed by atoms with Gasteiger partial charge in [0.2, 0.25) is 5.91 Å².